The lowest BCUT2D eigenvalue weighted by Crippen LogP contribution is -2.29. The molecule has 9 nitrogen and oxygen atoms in total. The van der Waals surface area contributed by atoms with Crippen molar-refractivity contribution in [3.8, 4) is 11.3 Å². The van der Waals surface area contributed by atoms with E-state index in [1.165, 1.54) is 0 Å². The molecule has 1 aliphatic rings. The number of nitrogen functional groups attached to an aromatic ring is 1. The second-order valence-corrected chi connectivity index (χ2v) is 7.97. The van der Waals surface area contributed by atoms with Crippen LogP contribution in [-0.4, -0.2) is 42.6 Å². The Labute approximate surface area is 190 Å². The molecule has 1 saturated heterocycles. The summed E-state index contributed by atoms with van der Waals surface area (Å²) >= 11 is 0. The van der Waals surface area contributed by atoms with Gasteiger partial charge in [-0.3, -0.25) is 14.0 Å². The molecule has 0 bridgehead atoms. The first-order valence-corrected chi connectivity index (χ1v) is 10.8. The van der Waals surface area contributed by atoms with E-state index < -0.39 is 0 Å². The van der Waals surface area contributed by atoms with Gasteiger partial charge in [-0.1, -0.05) is 18.2 Å². The molecule has 4 heterocycles. The first-order chi connectivity index (χ1) is 16.0. The van der Waals surface area contributed by atoms with Gasteiger partial charge in [0, 0.05) is 43.2 Å². The van der Waals surface area contributed by atoms with Crippen molar-refractivity contribution in [2.45, 2.75) is 25.8 Å². The Hall–Kier alpha value is -4.27. The number of pyridine rings is 1. The number of rotatable bonds is 4. The highest BCUT2D eigenvalue weighted by molar-refractivity contribution is 6.04. The van der Waals surface area contributed by atoms with Gasteiger partial charge in [-0.05, 0) is 37.1 Å². The largest absolute Gasteiger partial charge is 0.382 e. The molecule has 166 valence electrons. The van der Waals surface area contributed by atoms with Crippen molar-refractivity contribution in [3.63, 3.8) is 0 Å². The molecule has 3 aromatic heterocycles. The van der Waals surface area contributed by atoms with Gasteiger partial charge in [0.05, 0.1) is 6.04 Å². The number of nitrogens with one attached hydrogen (secondary N) is 1. The van der Waals surface area contributed by atoms with E-state index in [1.54, 1.807) is 43.6 Å². The average molecular weight is 441 g/mol. The van der Waals surface area contributed by atoms with Crippen LogP contribution in [0.4, 0.5) is 11.6 Å². The Morgan fingerprint density at radius 3 is 2.64 bits per heavy atom. The predicted octanol–water partition coefficient (Wildman–Crippen LogP) is 3.31. The Bertz CT molecular complexity index is 1330. The van der Waals surface area contributed by atoms with Crippen molar-refractivity contribution in [1.29, 1.82) is 0 Å². The summed E-state index contributed by atoms with van der Waals surface area (Å²) in [4.78, 5) is 39.8. The fourth-order valence-corrected chi connectivity index (χ4v) is 4.34. The SMILES string of the molecule is CC(=O)N1CCC[C@H]1c1nc(-c2ccc(C(=O)Nc3ccccn3)cc2)c2c(N)nccn12. The molecule has 0 unspecified atom stereocenters. The number of likely N-dealkylation sites (tertiary alicyclic amines) is 1. The third-order valence-electron chi connectivity index (χ3n) is 5.89. The van der Waals surface area contributed by atoms with Gasteiger partial charge in [0.25, 0.3) is 5.91 Å². The van der Waals surface area contributed by atoms with Crippen LogP contribution in [0, 0.1) is 0 Å². The molecule has 3 N–H and O–H groups in total. The maximum atomic E-state index is 12.6. The van der Waals surface area contributed by atoms with Crippen LogP contribution in [0.2, 0.25) is 0 Å². The average Bonchev–Trinajstić information content (AvgIpc) is 3.45. The van der Waals surface area contributed by atoms with E-state index in [1.807, 2.05) is 33.7 Å². The molecule has 2 amide bonds. The number of benzene rings is 1. The molecule has 0 saturated carbocycles. The van der Waals surface area contributed by atoms with Crippen LogP contribution in [0.1, 0.15) is 42.0 Å². The van der Waals surface area contributed by atoms with Gasteiger partial charge in [-0.2, -0.15) is 0 Å². The summed E-state index contributed by atoms with van der Waals surface area (Å²) in [6, 6.07) is 12.4. The highest BCUT2D eigenvalue weighted by atomic mass is 16.2. The molecule has 33 heavy (non-hydrogen) atoms. The van der Waals surface area contributed by atoms with E-state index in [4.69, 9.17) is 10.7 Å². The second-order valence-electron chi connectivity index (χ2n) is 7.97. The highest BCUT2D eigenvalue weighted by Crippen LogP contribution is 2.36. The number of fused-ring (bicyclic) bond motifs is 1. The molecule has 0 radical (unpaired) electrons. The number of carbonyl (C=O) groups excluding carboxylic acids is 2. The number of anilines is 2. The van der Waals surface area contributed by atoms with Gasteiger partial charge < -0.3 is 16.0 Å². The number of carbonyl (C=O) groups is 2. The van der Waals surface area contributed by atoms with E-state index >= 15 is 0 Å². The molecular weight excluding hydrogens is 418 g/mol. The first-order valence-electron chi connectivity index (χ1n) is 10.8. The topological polar surface area (TPSA) is 119 Å². The van der Waals surface area contributed by atoms with Gasteiger partial charge in [0.1, 0.15) is 28.7 Å². The number of amides is 2. The molecular formula is C24H23N7O2. The molecule has 1 fully saturated rings. The summed E-state index contributed by atoms with van der Waals surface area (Å²) < 4.78 is 1.92. The minimum absolute atomic E-state index is 0.0288. The quantitative estimate of drug-likeness (QED) is 0.502. The van der Waals surface area contributed by atoms with Crippen molar-refractivity contribution >= 4 is 29.0 Å². The van der Waals surface area contributed by atoms with Crippen molar-refractivity contribution < 1.29 is 9.59 Å². The van der Waals surface area contributed by atoms with Crippen molar-refractivity contribution in [1.82, 2.24) is 24.3 Å². The van der Waals surface area contributed by atoms with Gasteiger partial charge in [0.15, 0.2) is 0 Å². The second kappa shape index (κ2) is 8.34. The van der Waals surface area contributed by atoms with Crippen LogP contribution in [0.25, 0.3) is 16.8 Å². The summed E-state index contributed by atoms with van der Waals surface area (Å²) in [7, 11) is 0. The minimum Gasteiger partial charge on any atom is -0.382 e. The molecule has 1 aromatic carbocycles. The van der Waals surface area contributed by atoms with E-state index in [0.29, 0.717) is 35.0 Å². The zero-order chi connectivity index (χ0) is 22.9. The number of hydrogen-bond donors (Lipinski definition) is 2. The fourth-order valence-electron chi connectivity index (χ4n) is 4.34. The molecule has 5 rings (SSSR count). The first kappa shape index (κ1) is 20.6. The normalized spacial score (nSPS) is 15.7. The lowest BCUT2D eigenvalue weighted by molar-refractivity contribution is -0.129. The summed E-state index contributed by atoms with van der Waals surface area (Å²) in [5.41, 5.74) is 8.90. The standard InChI is InChI=1S/C24H23N7O2/c1-15(32)30-13-4-5-18(30)23-29-20(21-22(25)27-12-14-31(21)23)16-7-9-17(10-8-16)24(33)28-19-6-2-3-11-26-19/h2-3,6-12,14,18H,4-5,13H2,1H3,(H2,25,27)(H,26,28,33)/t18-/m0/s1. The number of hydrogen-bond acceptors (Lipinski definition) is 6. The van der Waals surface area contributed by atoms with Crippen molar-refractivity contribution in [2.75, 3.05) is 17.6 Å². The molecule has 1 aliphatic heterocycles. The predicted molar refractivity (Wildman–Crippen MR) is 124 cm³/mol. The summed E-state index contributed by atoms with van der Waals surface area (Å²) in [5, 5.41) is 2.78. The maximum absolute atomic E-state index is 12.6. The minimum atomic E-state index is -0.250. The Morgan fingerprint density at radius 1 is 1.09 bits per heavy atom. The van der Waals surface area contributed by atoms with Crippen LogP contribution in [-0.2, 0) is 4.79 Å². The van der Waals surface area contributed by atoms with E-state index in [2.05, 4.69) is 15.3 Å². The van der Waals surface area contributed by atoms with Crippen LogP contribution in [0.15, 0.2) is 61.1 Å². The van der Waals surface area contributed by atoms with E-state index in [9.17, 15) is 9.59 Å². The lowest BCUT2D eigenvalue weighted by Gasteiger charge is -2.22. The zero-order valence-corrected chi connectivity index (χ0v) is 18.1. The van der Waals surface area contributed by atoms with Crippen LogP contribution < -0.4 is 11.1 Å². The van der Waals surface area contributed by atoms with E-state index in [0.717, 1.165) is 24.2 Å². The molecule has 1 atom stereocenters. The Kier molecular flexibility index (Phi) is 5.21. The summed E-state index contributed by atoms with van der Waals surface area (Å²) in [6.45, 7) is 2.30. The van der Waals surface area contributed by atoms with Gasteiger partial charge in [-0.15, -0.1) is 0 Å². The number of nitrogens with zero attached hydrogens (tertiary/aromatic N) is 5. The van der Waals surface area contributed by atoms with E-state index in [-0.39, 0.29) is 17.9 Å². The third kappa shape index (κ3) is 3.78. The van der Waals surface area contributed by atoms with Crippen LogP contribution >= 0.6 is 0 Å². The summed E-state index contributed by atoms with van der Waals surface area (Å²) in [6.07, 6.45) is 6.84. The van der Waals surface area contributed by atoms with Crippen molar-refractivity contribution in [3.05, 3.63) is 72.4 Å². The molecule has 0 spiro atoms. The van der Waals surface area contributed by atoms with Crippen LogP contribution in [0.3, 0.4) is 0 Å². The number of aromatic nitrogens is 4. The highest BCUT2D eigenvalue weighted by Gasteiger charge is 2.32. The third-order valence-corrected chi connectivity index (χ3v) is 5.89. The van der Waals surface area contributed by atoms with Gasteiger partial charge in [0.2, 0.25) is 5.91 Å². The molecule has 9 heteroatoms. The number of nitrogens with two attached hydrogens (primary N) is 1. The Balaban J connectivity index is 1.51. The smallest absolute Gasteiger partial charge is 0.256 e. The summed E-state index contributed by atoms with van der Waals surface area (Å²) in [5.74, 6) is 1.39. The monoisotopic (exact) mass is 441 g/mol. The van der Waals surface area contributed by atoms with Crippen molar-refractivity contribution in [2.24, 2.45) is 0 Å². The fraction of sp³-hybridized carbons (Fsp3) is 0.208. The van der Waals surface area contributed by atoms with Gasteiger partial charge in [-0.25, -0.2) is 15.0 Å². The van der Waals surface area contributed by atoms with Gasteiger partial charge >= 0.3 is 0 Å². The Morgan fingerprint density at radius 2 is 1.91 bits per heavy atom. The lowest BCUT2D eigenvalue weighted by atomic mass is 10.1. The molecule has 4 aromatic rings. The number of imidazole rings is 1. The van der Waals surface area contributed by atoms with Crippen LogP contribution in [0.5, 0.6) is 0 Å². The maximum Gasteiger partial charge on any atom is 0.256 e. The molecule has 0 aliphatic carbocycles. The zero-order valence-electron chi connectivity index (χ0n) is 18.1.